The molecule has 108 valence electrons. The number of carbonyl (C=O) groups excluding carboxylic acids is 1. The number of halogens is 1. The number of Topliss-reactive ketones (excluding diaryl/α,β-unsaturated/α-hetero) is 1. The minimum Gasteiger partial charge on any atom is -0.338 e. The van der Waals surface area contributed by atoms with E-state index in [1.807, 2.05) is 17.0 Å². The smallest absolute Gasteiger partial charge is 0.162 e. The molecule has 0 bridgehead atoms. The third kappa shape index (κ3) is 2.44. The van der Waals surface area contributed by atoms with Crippen molar-refractivity contribution in [2.45, 2.75) is 26.7 Å². The van der Waals surface area contributed by atoms with Gasteiger partial charge < -0.3 is 4.90 Å². The molecular formula is C18H18FNO. The summed E-state index contributed by atoms with van der Waals surface area (Å²) in [5.74, 6) is -0.445. The molecule has 0 radical (unpaired) electrons. The monoisotopic (exact) mass is 283 g/mol. The molecule has 1 aliphatic rings. The number of ketones is 1. The molecule has 0 saturated heterocycles. The van der Waals surface area contributed by atoms with Gasteiger partial charge in [-0.25, -0.2) is 4.39 Å². The number of aryl methyl sites for hydroxylation is 2. The fraction of sp³-hybridized carbons (Fsp3) is 0.278. The van der Waals surface area contributed by atoms with E-state index in [1.165, 1.54) is 24.1 Å². The van der Waals surface area contributed by atoms with Crippen LogP contribution in [0.1, 0.15) is 34.8 Å². The van der Waals surface area contributed by atoms with Crippen molar-refractivity contribution >= 4 is 17.2 Å². The first-order valence-electron chi connectivity index (χ1n) is 7.24. The molecule has 2 nitrogen and oxygen atoms in total. The number of rotatable bonds is 2. The fourth-order valence-corrected chi connectivity index (χ4v) is 3.03. The van der Waals surface area contributed by atoms with Crippen LogP contribution in [0.5, 0.6) is 0 Å². The van der Waals surface area contributed by atoms with Gasteiger partial charge >= 0.3 is 0 Å². The lowest BCUT2D eigenvalue weighted by molar-refractivity contribution is 0.101. The fourth-order valence-electron chi connectivity index (χ4n) is 3.03. The van der Waals surface area contributed by atoms with Gasteiger partial charge in [0.05, 0.1) is 5.69 Å². The molecule has 1 aliphatic heterocycles. The molecule has 0 unspecified atom stereocenters. The standard InChI is InChI=1S/C18H18FNO/c1-12-8-9-17-14(11-12)5-4-10-20(17)18-15(13(2)21)6-3-7-16(18)19/h3,6-9,11H,4-5,10H2,1-2H3. The van der Waals surface area contributed by atoms with Gasteiger partial charge in [-0.1, -0.05) is 23.8 Å². The van der Waals surface area contributed by atoms with Crippen LogP contribution >= 0.6 is 0 Å². The van der Waals surface area contributed by atoms with Gasteiger partial charge in [0.25, 0.3) is 0 Å². The Morgan fingerprint density at radius 2 is 2.05 bits per heavy atom. The molecule has 3 heteroatoms. The number of benzene rings is 2. The highest BCUT2D eigenvalue weighted by Crippen LogP contribution is 2.37. The summed E-state index contributed by atoms with van der Waals surface area (Å²) in [6.45, 7) is 4.28. The van der Waals surface area contributed by atoms with Gasteiger partial charge in [0, 0.05) is 17.8 Å². The van der Waals surface area contributed by atoms with Crippen LogP contribution < -0.4 is 4.90 Å². The molecule has 3 rings (SSSR count). The van der Waals surface area contributed by atoms with E-state index in [1.54, 1.807) is 12.1 Å². The van der Waals surface area contributed by atoms with Crippen LogP contribution in [0.15, 0.2) is 36.4 Å². The Labute approximate surface area is 124 Å². The van der Waals surface area contributed by atoms with Gasteiger partial charge in [-0.05, 0) is 50.5 Å². The van der Waals surface area contributed by atoms with E-state index in [2.05, 4.69) is 13.0 Å². The summed E-state index contributed by atoms with van der Waals surface area (Å²) in [4.78, 5) is 13.8. The van der Waals surface area contributed by atoms with Crippen LogP contribution in [0.4, 0.5) is 15.8 Å². The number of para-hydroxylation sites is 1. The van der Waals surface area contributed by atoms with Gasteiger partial charge in [0.15, 0.2) is 5.78 Å². The maximum Gasteiger partial charge on any atom is 0.162 e. The van der Waals surface area contributed by atoms with E-state index in [4.69, 9.17) is 0 Å². The summed E-state index contributed by atoms with van der Waals surface area (Å²) >= 11 is 0. The van der Waals surface area contributed by atoms with Crippen LogP contribution in [0.2, 0.25) is 0 Å². The van der Waals surface area contributed by atoms with Gasteiger partial charge in [0.2, 0.25) is 0 Å². The Morgan fingerprint density at radius 1 is 1.24 bits per heavy atom. The third-order valence-electron chi connectivity index (χ3n) is 3.99. The summed E-state index contributed by atoms with van der Waals surface area (Å²) < 4.78 is 14.4. The van der Waals surface area contributed by atoms with Crippen molar-refractivity contribution in [3.8, 4) is 0 Å². The second-order valence-corrected chi connectivity index (χ2v) is 5.58. The molecule has 1 heterocycles. The number of carbonyl (C=O) groups is 1. The first kappa shape index (κ1) is 13.8. The van der Waals surface area contributed by atoms with Crippen LogP contribution in [-0.4, -0.2) is 12.3 Å². The highest BCUT2D eigenvalue weighted by molar-refractivity contribution is 6.00. The van der Waals surface area contributed by atoms with E-state index < -0.39 is 0 Å². The molecule has 0 amide bonds. The van der Waals surface area contributed by atoms with E-state index in [9.17, 15) is 9.18 Å². The molecule has 0 aliphatic carbocycles. The van der Waals surface area contributed by atoms with Crippen LogP contribution in [0.25, 0.3) is 0 Å². The Hall–Kier alpha value is -2.16. The number of fused-ring (bicyclic) bond motifs is 1. The lowest BCUT2D eigenvalue weighted by atomic mass is 9.97. The molecule has 0 N–H and O–H groups in total. The highest BCUT2D eigenvalue weighted by Gasteiger charge is 2.24. The van der Waals surface area contributed by atoms with E-state index in [0.29, 0.717) is 11.3 Å². The lowest BCUT2D eigenvalue weighted by Crippen LogP contribution is -2.27. The molecule has 2 aromatic carbocycles. The molecule has 21 heavy (non-hydrogen) atoms. The second-order valence-electron chi connectivity index (χ2n) is 5.58. The van der Waals surface area contributed by atoms with E-state index in [0.717, 1.165) is 25.1 Å². The SMILES string of the molecule is CC(=O)c1cccc(F)c1N1CCCc2cc(C)ccc21. The minimum absolute atomic E-state index is 0.108. The molecule has 0 fully saturated rings. The minimum atomic E-state index is -0.337. The van der Waals surface area contributed by atoms with Crippen LogP contribution in [0, 0.1) is 12.7 Å². The Kier molecular flexibility index (Phi) is 3.50. The van der Waals surface area contributed by atoms with Crippen LogP contribution in [-0.2, 0) is 6.42 Å². The summed E-state index contributed by atoms with van der Waals surface area (Å²) in [6.07, 6.45) is 1.96. The Bertz CT molecular complexity index is 708. The molecule has 0 spiro atoms. The van der Waals surface area contributed by atoms with Crippen molar-refractivity contribution in [3.63, 3.8) is 0 Å². The maximum atomic E-state index is 14.4. The summed E-state index contributed by atoms with van der Waals surface area (Å²) in [5.41, 5.74) is 4.30. The van der Waals surface area contributed by atoms with Crippen molar-refractivity contribution in [2.75, 3.05) is 11.4 Å². The Morgan fingerprint density at radius 3 is 2.81 bits per heavy atom. The van der Waals surface area contributed by atoms with Gasteiger partial charge in [-0.2, -0.15) is 0 Å². The van der Waals surface area contributed by atoms with Gasteiger partial charge in [-0.15, -0.1) is 0 Å². The number of hydrogen-bond acceptors (Lipinski definition) is 2. The first-order valence-corrected chi connectivity index (χ1v) is 7.24. The Balaban J connectivity index is 2.18. The largest absolute Gasteiger partial charge is 0.338 e. The van der Waals surface area contributed by atoms with Crippen molar-refractivity contribution in [3.05, 3.63) is 58.9 Å². The summed E-state index contributed by atoms with van der Waals surface area (Å²) in [5, 5.41) is 0. The normalized spacial score (nSPS) is 14.0. The zero-order valence-corrected chi connectivity index (χ0v) is 12.3. The summed E-state index contributed by atoms with van der Waals surface area (Å²) in [7, 11) is 0. The van der Waals surface area contributed by atoms with Crippen molar-refractivity contribution < 1.29 is 9.18 Å². The number of hydrogen-bond donors (Lipinski definition) is 0. The van der Waals surface area contributed by atoms with Gasteiger partial charge in [-0.3, -0.25) is 4.79 Å². The van der Waals surface area contributed by atoms with Crippen molar-refractivity contribution in [2.24, 2.45) is 0 Å². The summed E-state index contributed by atoms with van der Waals surface area (Å²) in [6, 6.07) is 10.9. The van der Waals surface area contributed by atoms with Crippen molar-refractivity contribution in [1.29, 1.82) is 0 Å². The third-order valence-corrected chi connectivity index (χ3v) is 3.99. The number of anilines is 2. The second kappa shape index (κ2) is 5.32. The zero-order chi connectivity index (χ0) is 15.0. The first-order chi connectivity index (χ1) is 10.1. The molecular weight excluding hydrogens is 265 g/mol. The van der Waals surface area contributed by atoms with E-state index >= 15 is 0 Å². The van der Waals surface area contributed by atoms with Crippen molar-refractivity contribution in [1.82, 2.24) is 0 Å². The highest BCUT2D eigenvalue weighted by atomic mass is 19.1. The molecule has 2 aromatic rings. The van der Waals surface area contributed by atoms with E-state index in [-0.39, 0.29) is 11.6 Å². The number of nitrogens with zero attached hydrogens (tertiary/aromatic N) is 1. The predicted molar refractivity (Wildman–Crippen MR) is 82.9 cm³/mol. The maximum absolute atomic E-state index is 14.4. The lowest BCUT2D eigenvalue weighted by Gasteiger charge is -2.33. The topological polar surface area (TPSA) is 20.3 Å². The average Bonchev–Trinajstić information content (AvgIpc) is 2.46. The molecule has 0 aromatic heterocycles. The zero-order valence-electron chi connectivity index (χ0n) is 12.3. The van der Waals surface area contributed by atoms with Crippen LogP contribution in [0.3, 0.4) is 0 Å². The molecule has 0 saturated carbocycles. The quantitative estimate of drug-likeness (QED) is 0.760. The predicted octanol–water partition coefficient (Wildman–Crippen LogP) is 4.42. The van der Waals surface area contributed by atoms with Gasteiger partial charge in [0.1, 0.15) is 5.82 Å². The average molecular weight is 283 g/mol. The molecule has 0 atom stereocenters.